The van der Waals surface area contributed by atoms with Gasteiger partial charge in [0.2, 0.25) is 0 Å². The van der Waals surface area contributed by atoms with Gasteiger partial charge in [0.1, 0.15) is 0 Å². The number of fused-ring (bicyclic) bond motifs is 3. The third-order valence-electron chi connectivity index (χ3n) is 4.53. The second-order valence-electron chi connectivity index (χ2n) is 6.16. The number of aliphatic hydroxyl groups is 1. The average Bonchev–Trinajstić information content (AvgIpc) is 2.47. The molecule has 0 radical (unpaired) electrons. The van der Waals surface area contributed by atoms with Crippen LogP contribution in [0.1, 0.15) is 43.1 Å². The normalized spacial score (nSPS) is 18.0. The van der Waals surface area contributed by atoms with E-state index in [1.807, 2.05) is 0 Å². The Kier molecular flexibility index (Phi) is 4.36. The Bertz CT molecular complexity index is 663. The van der Waals surface area contributed by atoms with E-state index < -0.39 is 0 Å². The second-order valence-corrected chi connectivity index (χ2v) is 7.41. The van der Waals surface area contributed by atoms with Gasteiger partial charge in [-0.1, -0.05) is 44.5 Å². The van der Waals surface area contributed by atoms with Crippen molar-refractivity contribution < 1.29 is 5.11 Å². The minimum absolute atomic E-state index is 0.374. The van der Waals surface area contributed by atoms with Gasteiger partial charge in [0.15, 0.2) is 0 Å². The molecule has 3 rings (SSSR count). The minimum Gasteiger partial charge on any atom is -0.388 e. The highest BCUT2D eigenvalue weighted by atomic mass is 127. The maximum absolute atomic E-state index is 10.4. The van der Waals surface area contributed by atoms with Crippen LogP contribution >= 0.6 is 22.6 Å². The van der Waals surface area contributed by atoms with Crippen molar-refractivity contribution in [2.45, 2.75) is 39.2 Å². The van der Waals surface area contributed by atoms with E-state index in [0.29, 0.717) is 5.92 Å². The molecule has 0 aliphatic heterocycles. The summed E-state index contributed by atoms with van der Waals surface area (Å²) in [7, 11) is 0. The van der Waals surface area contributed by atoms with Gasteiger partial charge in [-0.15, -0.1) is 0 Å². The molecule has 0 saturated carbocycles. The van der Waals surface area contributed by atoms with Crippen LogP contribution in [0.3, 0.4) is 0 Å². The largest absolute Gasteiger partial charge is 0.388 e. The molecule has 2 atom stereocenters. The van der Waals surface area contributed by atoms with Crippen LogP contribution in [0.5, 0.6) is 0 Å². The first kappa shape index (κ1) is 15.0. The van der Waals surface area contributed by atoms with Crippen molar-refractivity contribution in [3.05, 3.63) is 56.7 Å². The van der Waals surface area contributed by atoms with Crippen molar-refractivity contribution in [3.8, 4) is 11.1 Å². The van der Waals surface area contributed by atoms with Gasteiger partial charge in [0, 0.05) is 9.99 Å². The molecule has 0 spiro atoms. The Morgan fingerprint density at radius 2 is 1.95 bits per heavy atom. The van der Waals surface area contributed by atoms with Crippen LogP contribution in [0.4, 0.5) is 0 Å². The van der Waals surface area contributed by atoms with E-state index in [0.717, 1.165) is 18.4 Å². The lowest BCUT2D eigenvalue weighted by Crippen LogP contribution is -2.11. The van der Waals surface area contributed by atoms with Gasteiger partial charge in [0.05, 0.1) is 6.10 Å². The highest BCUT2D eigenvalue weighted by Crippen LogP contribution is 2.39. The third kappa shape index (κ3) is 3.02. The number of benzene rings is 2. The molecular weight excluding hydrogens is 371 g/mol. The highest BCUT2D eigenvalue weighted by Gasteiger charge is 2.23. The molecule has 2 aromatic rings. The summed E-state index contributed by atoms with van der Waals surface area (Å²) < 4.78 is 1.18. The van der Waals surface area contributed by atoms with Gasteiger partial charge in [0.25, 0.3) is 0 Å². The zero-order valence-corrected chi connectivity index (χ0v) is 14.7. The van der Waals surface area contributed by atoms with Crippen molar-refractivity contribution in [1.82, 2.24) is 0 Å². The monoisotopic (exact) mass is 392 g/mol. The first-order valence-electron chi connectivity index (χ1n) is 7.68. The first-order valence-corrected chi connectivity index (χ1v) is 8.76. The van der Waals surface area contributed by atoms with E-state index in [1.165, 1.54) is 32.2 Å². The standard InChI is InChI=1S/C19H21IO/c1-3-12(2)8-13-4-6-16-14(9-13)10-19(21)18-11-15(20)5-7-17(16)18/h4-7,9,11-12,19,21H,3,8,10H2,1-2H3. The molecule has 0 bridgehead atoms. The van der Waals surface area contributed by atoms with Gasteiger partial charge in [-0.25, -0.2) is 0 Å². The van der Waals surface area contributed by atoms with Crippen LogP contribution in [0, 0.1) is 9.49 Å². The Morgan fingerprint density at radius 1 is 1.19 bits per heavy atom. The van der Waals surface area contributed by atoms with Crippen LogP contribution < -0.4 is 0 Å². The molecule has 1 aliphatic rings. The highest BCUT2D eigenvalue weighted by molar-refractivity contribution is 14.1. The van der Waals surface area contributed by atoms with E-state index in [1.54, 1.807) is 0 Å². The molecule has 1 aliphatic carbocycles. The van der Waals surface area contributed by atoms with E-state index in [2.05, 4.69) is 72.8 Å². The van der Waals surface area contributed by atoms with Crippen LogP contribution in [0.25, 0.3) is 11.1 Å². The van der Waals surface area contributed by atoms with E-state index in [9.17, 15) is 5.11 Å². The SMILES string of the molecule is CCC(C)Cc1ccc2c(c1)CC(O)c1cc(I)ccc1-2. The third-order valence-corrected chi connectivity index (χ3v) is 5.20. The van der Waals surface area contributed by atoms with Crippen LogP contribution in [0.15, 0.2) is 36.4 Å². The van der Waals surface area contributed by atoms with Gasteiger partial charge >= 0.3 is 0 Å². The quantitative estimate of drug-likeness (QED) is 0.718. The molecular formula is C19H21IO. The summed E-state index contributed by atoms with van der Waals surface area (Å²) in [6.45, 7) is 4.54. The Morgan fingerprint density at radius 3 is 2.71 bits per heavy atom. The molecule has 110 valence electrons. The Labute approximate surface area is 140 Å². The minimum atomic E-state index is -0.374. The molecule has 0 heterocycles. The number of halogens is 1. The molecule has 21 heavy (non-hydrogen) atoms. The summed E-state index contributed by atoms with van der Waals surface area (Å²) in [6, 6.07) is 13.2. The topological polar surface area (TPSA) is 20.2 Å². The Hall–Kier alpha value is -0.870. The second kappa shape index (κ2) is 6.09. The molecule has 0 fully saturated rings. The maximum atomic E-state index is 10.4. The number of hydrogen-bond acceptors (Lipinski definition) is 1. The van der Waals surface area contributed by atoms with Crippen molar-refractivity contribution in [1.29, 1.82) is 0 Å². The molecule has 2 unspecified atom stereocenters. The van der Waals surface area contributed by atoms with Gasteiger partial charge in [-0.3, -0.25) is 0 Å². The molecule has 0 amide bonds. The van der Waals surface area contributed by atoms with Crippen molar-refractivity contribution in [2.75, 3.05) is 0 Å². The zero-order chi connectivity index (χ0) is 15.0. The van der Waals surface area contributed by atoms with Crippen LogP contribution in [-0.2, 0) is 12.8 Å². The average molecular weight is 392 g/mol. The predicted octanol–water partition coefficient (Wildman–Crippen LogP) is 5.14. The maximum Gasteiger partial charge on any atom is 0.0836 e. The molecule has 1 N–H and O–H groups in total. The van der Waals surface area contributed by atoms with Crippen LogP contribution in [0.2, 0.25) is 0 Å². The molecule has 0 saturated heterocycles. The summed E-state index contributed by atoms with van der Waals surface area (Å²) in [4.78, 5) is 0. The fourth-order valence-electron chi connectivity index (χ4n) is 3.13. The predicted molar refractivity (Wildman–Crippen MR) is 96.4 cm³/mol. The number of aliphatic hydroxyl groups excluding tert-OH is 1. The summed E-state index contributed by atoms with van der Waals surface area (Å²) in [6.07, 6.45) is 2.69. The van der Waals surface area contributed by atoms with Crippen molar-refractivity contribution in [2.24, 2.45) is 5.92 Å². The molecule has 1 nitrogen and oxygen atoms in total. The van der Waals surface area contributed by atoms with Crippen LogP contribution in [-0.4, -0.2) is 5.11 Å². The fourth-order valence-corrected chi connectivity index (χ4v) is 3.64. The molecule has 2 aromatic carbocycles. The number of hydrogen-bond donors (Lipinski definition) is 1. The van der Waals surface area contributed by atoms with Gasteiger partial charge in [-0.05, 0) is 74.9 Å². The van der Waals surface area contributed by atoms with Crippen molar-refractivity contribution in [3.63, 3.8) is 0 Å². The molecule has 0 aromatic heterocycles. The van der Waals surface area contributed by atoms with E-state index >= 15 is 0 Å². The molecule has 2 heteroatoms. The van der Waals surface area contributed by atoms with E-state index in [-0.39, 0.29) is 6.10 Å². The lowest BCUT2D eigenvalue weighted by molar-refractivity contribution is 0.177. The summed E-state index contributed by atoms with van der Waals surface area (Å²) >= 11 is 2.31. The Balaban J connectivity index is 2.01. The summed E-state index contributed by atoms with van der Waals surface area (Å²) in [5, 5.41) is 10.4. The fraction of sp³-hybridized carbons (Fsp3) is 0.368. The smallest absolute Gasteiger partial charge is 0.0836 e. The summed E-state index contributed by atoms with van der Waals surface area (Å²) in [5.74, 6) is 0.713. The lowest BCUT2D eigenvalue weighted by Gasteiger charge is -2.25. The van der Waals surface area contributed by atoms with E-state index in [4.69, 9.17) is 0 Å². The zero-order valence-electron chi connectivity index (χ0n) is 12.6. The van der Waals surface area contributed by atoms with Gasteiger partial charge < -0.3 is 5.11 Å². The summed E-state index contributed by atoms with van der Waals surface area (Å²) in [5.41, 5.74) is 6.24. The first-order chi connectivity index (χ1) is 10.1. The van der Waals surface area contributed by atoms with Gasteiger partial charge in [-0.2, -0.15) is 0 Å². The van der Waals surface area contributed by atoms with Crippen molar-refractivity contribution >= 4 is 22.6 Å². The number of rotatable bonds is 3. The lowest BCUT2D eigenvalue weighted by atomic mass is 9.82.